The van der Waals surface area contributed by atoms with E-state index in [1.54, 1.807) is 11.8 Å². The van der Waals surface area contributed by atoms with Crippen LogP contribution in [0.4, 0.5) is 11.4 Å². The van der Waals surface area contributed by atoms with E-state index < -0.39 is 0 Å². The van der Waals surface area contributed by atoms with Gasteiger partial charge in [0.1, 0.15) is 21.7 Å². The van der Waals surface area contributed by atoms with Gasteiger partial charge in [0, 0.05) is 18.8 Å². The summed E-state index contributed by atoms with van der Waals surface area (Å²) >= 11 is 7.20. The minimum absolute atomic E-state index is 0.645. The third-order valence-electron chi connectivity index (χ3n) is 4.22. The Morgan fingerprint density at radius 2 is 1.43 bits per heavy atom. The lowest BCUT2D eigenvalue weighted by Crippen LogP contribution is -2.28. The molecule has 0 aliphatic heterocycles. The highest BCUT2D eigenvalue weighted by Gasteiger charge is 2.09. The van der Waals surface area contributed by atoms with Crippen LogP contribution < -0.4 is 14.8 Å². The van der Waals surface area contributed by atoms with Crippen LogP contribution in [0.3, 0.4) is 0 Å². The number of anilines is 1. The van der Waals surface area contributed by atoms with Crippen molar-refractivity contribution >= 4 is 45.5 Å². The molecule has 0 bridgehead atoms. The van der Waals surface area contributed by atoms with E-state index in [0.717, 1.165) is 46.1 Å². The maximum atomic E-state index is 5.59. The molecule has 0 heterocycles. The first-order valence-electron chi connectivity index (χ1n) is 10.3. The summed E-state index contributed by atoms with van der Waals surface area (Å²) in [5.74, 6) is 3.18. The Labute approximate surface area is 189 Å². The Kier molecular flexibility index (Phi) is 10.5. The fourth-order valence-electron chi connectivity index (χ4n) is 2.71. The molecule has 0 radical (unpaired) electrons. The fourth-order valence-corrected chi connectivity index (χ4v) is 3.98. The summed E-state index contributed by atoms with van der Waals surface area (Å²) in [5.41, 5.74) is 1.82. The van der Waals surface area contributed by atoms with Gasteiger partial charge >= 0.3 is 0 Å². The van der Waals surface area contributed by atoms with Crippen LogP contribution in [0.1, 0.15) is 27.7 Å². The summed E-state index contributed by atoms with van der Waals surface area (Å²) < 4.78 is 11.9. The Bertz CT molecular complexity index is 804. The molecule has 1 N–H and O–H groups in total. The van der Waals surface area contributed by atoms with Crippen molar-refractivity contribution in [2.75, 3.05) is 37.4 Å². The first-order valence-corrected chi connectivity index (χ1v) is 11.7. The molecule has 0 unspecified atom stereocenters. The predicted octanol–water partition coefficient (Wildman–Crippen LogP) is 5.99. The molecule has 7 heteroatoms. The topological polar surface area (TPSA) is 46.1 Å². The Balaban J connectivity index is 2.16. The summed E-state index contributed by atoms with van der Waals surface area (Å²) in [6.07, 6.45) is 0. The second kappa shape index (κ2) is 13.1. The van der Waals surface area contributed by atoms with Crippen molar-refractivity contribution < 1.29 is 9.47 Å². The van der Waals surface area contributed by atoms with E-state index in [4.69, 9.17) is 26.7 Å². The Hall–Kier alpha value is -2.25. The van der Waals surface area contributed by atoms with E-state index in [2.05, 4.69) is 24.1 Å². The van der Waals surface area contributed by atoms with Crippen molar-refractivity contribution in [3.63, 3.8) is 0 Å². The number of hydrogen-bond acceptors (Lipinski definition) is 5. The molecule has 30 heavy (non-hydrogen) atoms. The second-order valence-electron chi connectivity index (χ2n) is 6.29. The zero-order valence-corrected chi connectivity index (χ0v) is 19.8. The second-order valence-corrected chi connectivity index (χ2v) is 7.90. The average molecular weight is 446 g/mol. The van der Waals surface area contributed by atoms with E-state index in [0.29, 0.717) is 19.0 Å². The molecule has 2 aromatic rings. The smallest absolute Gasteiger partial charge is 0.136 e. The van der Waals surface area contributed by atoms with Crippen LogP contribution in [0.2, 0.25) is 0 Å². The summed E-state index contributed by atoms with van der Waals surface area (Å²) in [5, 5.41) is 3.43. The minimum atomic E-state index is 0.645. The zero-order valence-electron chi connectivity index (χ0n) is 18.2. The van der Waals surface area contributed by atoms with Gasteiger partial charge in [-0.05, 0) is 76.2 Å². The highest BCUT2D eigenvalue weighted by molar-refractivity contribution is 8.23. The van der Waals surface area contributed by atoms with Crippen molar-refractivity contribution in [2.45, 2.75) is 27.7 Å². The van der Waals surface area contributed by atoms with Gasteiger partial charge in [-0.2, -0.15) is 0 Å². The number of amidine groups is 1. The van der Waals surface area contributed by atoms with Gasteiger partial charge in [-0.1, -0.05) is 24.0 Å². The maximum absolute atomic E-state index is 5.59. The molecule has 0 saturated heterocycles. The molecule has 0 aromatic heterocycles. The van der Waals surface area contributed by atoms with Crippen molar-refractivity contribution in [3.8, 4) is 11.5 Å². The van der Waals surface area contributed by atoms with Crippen molar-refractivity contribution in [2.24, 2.45) is 4.99 Å². The van der Waals surface area contributed by atoms with Gasteiger partial charge in [0.25, 0.3) is 0 Å². The zero-order chi connectivity index (χ0) is 21.8. The standard InChI is InChI=1S/C23H31N3O2S2/c1-5-26(6-2)23(29)30-17-22(24-18-9-13-20(14-10-18)27-7-3)25-19-11-15-21(16-12-19)28-8-4/h9-16H,5-8,17H2,1-4H3,(H,24,25). The first-order chi connectivity index (χ1) is 14.6. The fraction of sp³-hybridized carbons (Fsp3) is 0.391. The number of thioether (sulfide) groups is 1. The van der Waals surface area contributed by atoms with Crippen LogP contribution in [0.15, 0.2) is 53.5 Å². The summed E-state index contributed by atoms with van der Waals surface area (Å²) in [7, 11) is 0. The molecule has 5 nitrogen and oxygen atoms in total. The Morgan fingerprint density at radius 1 is 0.900 bits per heavy atom. The highest BCUT2D eigenvalue weighted by atomic mass is 32.2. The molecule has 0 saturated carbocycles. The average Bonchev–Trinajstić information content (AvgIpc) is 2.76. The molecule has 0 aliphatic rings. The largest absolute Gasteiger partial charge is 0.494 e. The number of aliphatic imine (C=N–C) groups is 1. The van der Waals surface area contributed by atoms with Crippen LogP contribution in [0.5, 0.6) is 11.5 Å². The van der Waals surface area contributed by atoms with Crippen molar-refractivity contribution in [3.05, 3.63) is 48.5 Å². The molecule has 162 valence electrons. The van der Waals surface area contributed by atoms with Gasteiger partial charge < -0.3 is 19.7 Å². The number of hydrogen-bond donors (Lipinski definition) is 1. The number of benzene rings is 2. The lowest BCUT2D eigenvalue weighted by atomic mass is 10.3. The molecule has 0 atom stereocenters. The molecule has 0 fully saturated rings. The summed E-state index contributed by atoms with van der Waals surface area (Å²) in [6, 6.07) is 15.7. The van der Waals surface area contributed by atoms with Gasteiger partial charge in [-0.25, -0.2) is 4.99 Å². The SMILES string of the molecule is CCOc1ccc(N=C(CSC(=S)N(CC)CC)Nc2ccc(OCC)cc2)cc1. The van der Waals surface area contributed by atoms with Gasteiger partial charge in [0.2, 0.25) is 0 Å². The molecule has 0 spiro atoms. The van der Waals surface area contributed by atoms with E-state index >= 15 is 0 Å². The molecule has 2 aromatic carbocycles. The summed E-state index contributed by atoms with van der Waals surface area (Å²) in [4.78, 5) is 6.99. The molecular weight excluding hydrogens is 414 g/mol. The Morgan fingerprint density at radius 3 is 1.93 bits per heavy atom. The van der Waals surface area contributed by atoms with Gasteiger partial charge in [0.15, 0.2) is 0 Å². The van der Waals surface area contributed by atoms with E-state index in [1.807, 2.05) is 62.4 Å². The number of rotatable bonds is 10. The summed E-state index contributed by atoms with van der Waals surface area (Å²) in [6.45, 7) is 11.3. The third kappa shape index (κ3) is 7.88. The lowest BCUT2D eigenvalue weighted by molar-refractivity contribution is 0.340. The van der Waals surface area contributed by atoms with Crippen LogP contribution in [0, 0.1) is 0 Å². The van der Waals surface area contributed by atoms with Gasteiger partial charge in [-0.3, -0.25) is 0 Å². The highest BCUT2D eigenvalue weighted by Crippen LogP contribution is 2.21. The minimum Gasteiger partial charge on any atom is -0.494 e. The predicted molar refractivity (Wildman–Crippen MR) is 134 cm³/mol. The number of thiocarbonyl (C=S) groups is 1. The van der Waals surface area contributed by atoms with E-state index in [1.165, 1.54) is 0 Å². The molecule has 0 aliphatic carbocycles. The van der Waals surface area contributed by atoms with Crippen LogP contribution in [0.25, 0.3) is 0 Å². The van der Waals surface area contributed by atoms with Crippen LogP contribution >= 0.6 is 24.0 Å². The quantitative estimate of drug-likeness (QED) is 0.275. The van der Waals surface area contributed by atoms with Crippen LogP contribution in [-0.4, -0.2) is 47.1 Å². The molecular formula is C23H31N3O2S2. The first kappa shape index (κ1) is 24.0. The normalized spacial score (nSPS) is 11.1. The molecule has 0 amide bonds. The number of nitrogens with one attached hydrogen (secondary N) is 1. The number of ether oxygens (including phenoxy) is 2. The van der Waals surface area contributed by atoms with Crippen molar-refractivity contribution in [1.82, 2.24) is 4.90 Å². The lowest BCUT2D eigenvalue weighted by Gasteiger charge is -2.21. The maximum Gasteiger partial charge on any atom is 0.136 e. The van der Waals surface area contributed by atoms with Crippen LogP contribution in [-0.2, 0) is 0 Å². The third-order valence-corrected chi connectivity index (χ3v) is 5.75. The van der Waals surface area contributed by atoms with Gasteiger partial charge in [0.05, 0.1) is 24.7 Å². The van der Waals surface area contributed by atoms with Crippen molar-refractivity contribution in [1.29, 1.82) is 0 Å². The monoisotopic (exact) mass is 445 g/mol. The molecule has 2 rings (SSSR count). The van der Waals surface area contributed by atoms with Gasteiger partial charge in [-0.15, -0.1) is 0 Å². The number of nitrogens with zero attached hydrogens (tertiary/aromatic N) is 2. The van der Waals surface area contributed by atoms with E-state index in [9.17, 15) is 0 Å². The van der Waals surface area contributed by atoms with E-state index in [-0.39, 0.29) is 0 Å².